The summed E-state index contributed by atoms with van der Waals surface area (Å²) in [5.74, 6) is 0.699. The molecule has 0 unspecified atom stereocenters. The molecule has 1 amide bonds. The van der Waals surface area contributed by atoms with Crippen LogP contribution in [0.5, 0.6) is 11.5 Å². The highest BCUT2D eigenvalue weighted by Crippen LogP contribution is 2.28. The van der Waals surface area contributed by atoms with E-state index in [1.54, 1.807) is 38.5 Å². The highest BCUT2D eigenvalue weighted by atomic mass is 35.5. The molecule has 0 spiro atoms. The van der Waals surface area contributed by atoms with Gasteiger partial charge in [0.15, 0.2) is 0 Å². The summed E-state index contributed by atoms with van der Waals surface area (Å²) >= 11 is 5.74. The Morgan fingerprint density at radius 2 is 2.12 bits per heavy atom. The first-order valence-corrected chi connectivity index (χ1v) is 7.59. The van der Waals surface area contributed by atoms with Gasteiger partial charge in [-0.15, -0.1) is 11.6 Å². The summed E-state index contributed by atoms with van der Waals surface area (Å²) in [6, 6.07) is 8.96. The largest absolute Gasteiger partial charge is 0.497 e. The minimum Gasteiger partial charge on any atom is -0.497 e. The molecule has 0 N–H and O–H groups in total. The second-order valence-electron chi connectivity index (χ2n) is 4.80. The molecule has 0 radical (unpaired) electrons. The fourth-order valence-electron chi connectivity index (χ4n) is 2.24. The van der Waals surface area contributed by atoms with Gasteiger partial charge in [0.2, 0.25) is 5.91 Å². The topological polar surface area (TPSA) is 75.5 Å². The lowest BCUT2D eigenvalue weighted by atomic mass is 10.1. The van der Waals surface area contributed by atoms with E-state index in [2.05, 4.69) is 4.98 Å². The molecule has 0 bridgehead atoms. The number of nitrogens with zero attached hydrogens (tertiary/aromatic N) is 3. The molecule has 2 aromatic rings. The van der Waals surface area contributed by atoms with Gasteiger partial charge in [-0.1, -0.05) is 0 Å². The van der Waals surface area contributed by atoms with Crippen molar-refractivity contribution in [2.24, 2.45) is 0 Å². The van der Waals surface area contributed by atoms with Gasteiger partial charge in [-0.3, -0.25) is 9.78 Å². The van der Waals surface area contributed by atoms with Crippen LogP contribution in [0.2, 0.25) is 0 Å². The summed E-state index contributed by atoms with van der Waals surface area (Å²) in [6.45, 7) is 0.206. The molecule has 24 heavy (non-hydrogen) atoms. The molecule has 1 aromatic heterocycles. The Kier molecular flexibility index (Phi) is 5.99. The van der Waals surface area contributed by atoms with Crippen molar-refractivity contribution < 1.29 is 14.3 Å². The number of benzene rings is 1. The van der Waals surface area contributed by atoms with Crippen LogP contribution in [0.1, 0.15) is 11.1 Å². The standard InChI is InChI=1S/C17H16ClN3O3/c1-23-14-4-3-12(16(7-14)24-2)11-21(17(22)8-18)15-5-6-20-10-13(15)9-19/h3-7,10H,8,11H2,1-2H3. The number of ether oxygens (including phenoxy) is 2. The first-order chi connectivity index (χ1) is 11.6. The Hall–Kier alpha value is -2.78. The SMILES string of the molecule is COc1ccc(CN(C(=O)CCl)c2ccncc2C#N)c(OC)c1. The molecule has 7 heteroatoms. The molecule has 0 atom stereocenters. The summed E-state index contributed by atoms with van der Waals surface area (Å²) < 4.78 is 10.5. The number of hydrogen-bond acceptors (Lipinski definition) is 5. The second kappa shape index (κ2) is 8.18. The molecular formula is C17H16ClN3O3. The third kappa shape index (κ3) is 3.76. The number of aromatic nitrogens is 1. The highest BCUT2D eigenvalue weighted by molar-refractivity contribution is 6.29. The lowest BCUT2D eigenvalue weighted by molar-refractivity contribution is -0.116. The van der Waals surface area contributed by atoms with Crippen LogP contribution in [-0.2, 0) is 11.3 Å². The molecule has 1 aromatic carbocycles. The second-order valence-corrected chi connectivity index (χ2v) is 5.06. The Morgan fingerprint density at radius 3 is 2.75 bits per heavy atom. The quantitative estimate of drug-likeness (QED) is 0.752. The molecule has 0 aliphatic heterocycles. The van der Waals surface area contributed by atoms with Gasteiger partial charge in [-0.25, -0.2) is 0 Å². The fraction of sp³-hybridized carbons (Fsp3) is 0.235. The number of carbonyl (C=O) groups is 1. The fourth-order valence-corrected chi connectivity index (χ4v) is 2.39. The maximum Gasteiger partial charge on any atom is 0.242 e. The summed E-state index contributed by atoms with van der Waals surface area (Å²) in [4.78, 5) is 17.7. The van der Waals surface area contributed by atoms with Gasteiger partial charge in [0.25, 0.3) is 0 Å². The van der Waals surface area contributed by atoms with Gasteiger partial charge >= 0.3 is 0 Å². The Balaban J connectivity index is 2.44. The van der Waals surface area contributed by atoms with Crippen LogP contribution in [0.3, 0.4) is 0 Å². The zero-order valence-electron chi connectivity index (χ0n) is 13.3. The Morgan fingerprint density at radius 1 is 1.33 bits per heavy atom. The normalized spacial score (nSPS) is 9.92. The number of amides is 1. The molecule has 6 nitrogen and oxygen atoms in total. The lowest BCUT2D eigenvalue weighted by Crippen LogP contribution is -2.32. The van der Waals surface area contributed by atoms with E-state index in [1.807, 2.05) is 6.07 Å². The van der Waals surface area contributed by atoms with Crippen LogP contribution in [-0.4, -0.2) is 31.0 Å². The van der Waals surface area contributed by atoms with Gasteiger partial charge < -0.3 is 14.4 Å². The number of rotatable bonds is 6. The molecule has 0 saturated heterocycles. The summed E-state index contributed by atoms with van der Waals surface area (Å²) in [5, 5.41) is 9.25. The van der Waals surface area contributed by atoms with E-state index in [9.17, 15) is 10.1 Å². The Labute approximate surface area is 145 Å². The number of carbonyl (C=O) groups excluding carboxylic acids is 1. The van der Waals surface area contributed by atoms with Gasteiger partial charge in [-0.2, -0.15) is 5.26 Å². The smallest absolute Gasteiger partial charge is 0.242 e. The van der Waals surface area contributed by atoms with Crippen LogP contribution in [0.15, 0.2) is 36.7 Å². The van der Waals surface area contributed by atoms with Gasteiger partial charge in [-0.05, 0) is 18.2 Å². The highest BCUT2D eigenvalue weighted by Gasteiger charge is 2.20. The van der Waals surface area contributed by atoms with Gasteiger partial charge in [0, 0.05) is 24.0 Å². The number of methoxy groups -OCH3 is 2. The van der Waals surface area contributed by atoms with Gasteiger partial charge in [0.1, 0.15) is 23.4 Å². The van der Waals surface area contributed by atoms with Crippen LogP contribution < -0.4 is 14.4 Å². The molecule has 0 aliphatic carbocycles. The average molecular weight is 346 g/mol. The maximum atomic E-state index is 12.3. The number of halogens is 1. The van der Waals surface area contributed by atoms with E-state index in [1.165, 1.54) is 17.3 Å². The molecule has 2 rings (SSSR count). The van der Waals surface area contributed by atoms with E-state index in [0.29, 0.717) is 22.7 Å². The molecule has 0 fully saturated rings. The first-order valence-electron chi connectivity index (χ1n) is 7.06. The van der Waals surface area contributed by atoms with Crippen molar-refractivity contribution in [2.45, 2.75) is 6.54 Å². The van der Waals surface area contributed by atoms with E-state index >= 15 is 0 Å². The molecular weight excluding hydrogens is 330 g/mol. The van der Waals surface area contributed by atoms with Crippen LogP contribution >= 0.6 is 11.6 Å². The van der Waals surface area contributed by atoms with Crippen molar-refractivity contribution in [3.63, 3.8) is 0 Å². The van der Waals surface area contributed by atoms with Crippen LogP contribution in [0.4, 0.5) is 5.69 Å². The number of pyridine rings is 1. The zero-order valence-corrected chi connectivity index (χ0v) is 14.1. The maximum absolute atomic E-state index is 12.3. The third-order valence-electron chi connectivity index (χ3n) is 3.45. The van der Waals surface area contributed by atoms with Crippen molar-refractivity contribution in [1.29, 1.82) is 5.26 Å². The summed E-state index contributed by atoms with van der Waals surface area (Å²) in [5.41, 5.74) is 1.51. The van der Waals surface area contributed by atoms with E-state index < -0.39 is 0 Å². The van der Waals surface area contributed by atoms with Crippen LogP contribution in [0, 0.1) is 11.3 Å². The molecule has 0 saturated carbocycles. The summed E-state index contributed by atoms with van der Waals surface area (Å²) in [6.07, 6.45) is 2.94. The van der Waals surface area contributed by atoms with Crippen molar-refractivity contribution in [3.8, 4) is 17.6 Å². The minimum atomic E-state index is -0.322. The number of hydrogen-bond donors (Lipinski definition) is 0. The van der Waals surface area contributed by atoms with Crippen molar-refractivity contribution >= 4 is 23.2 Å². The van der Waals surface area contributed by atoms with Crippen LogP contribution in [0.25, 0.3) is 0 Å². The first kappa shape index (κ1) is 17.6. The third-order valence-corrected chi connectivity index (χ3v) is 3.68. The molecule has 124 valence electrons. The average Bonchev–Trinajstić information content (AvgIpc) is 2.65. The minimum absolute atomic E-state index is 0.203. The van der Waals surface area contributed by atoms with Crippen molar-refractivity contribution in [2.75, 3.05) is 25.0 Å². The van der Waals surface area contributed by atoms with Crippen molar-refractivity contribution in [1.82, 2.24) is 4.98 Å². The number of anilines is 1. The predicted octanol–water partition coefficient (Wildman–Crippen LogP) is 2.74. The number of alkyl halides is 1. The van der Waals surface area contributed by atoms with E-state index in [0.717, 1.165) is 5.56 Å². The summed E-state index contributed by atoms with van der Waals surface area (Å²) in [7, 11) is 3.10. The molecule has 1 heterocycles. The van der Waals surface area contributed by atoms with Gasteiger partial charge in [0.05, 0.1) is 32.0 Å². The zero-order chi connectivity index (χ0) is 17.5. The predicted molar refractivity (Wildman–Crippen MR) is 90.4 cm³/mol. The van der Waals surface area contributed by atoms with Crippen molar-refractivity contribution in [3.05, 3.63) is 47.8 Å². The van der Waals surface area contributed by atoms with E-state index in [4.69, 9.17) is 21.1 Å². The monoisotopic (exact) mass is 345 g/mol. The lowest BCUT2D eigenvalue weighted by Gasteiger charge is -2.24. The Bertz CT molecular complexity index is 774. The number of nitriles is 1. The van der Waals surface area contributed by atoms with E-state index in [-0.39, 0.29) is 18.3 Å². The molecule has 0 aliphatic rings.